The average Bonchev–Trinajstić information content (AvgIpc) is 2.54. The maximum Gasteiger partial charge on any atom is 0.243 e. The van der Waals surface area contributed by atoms with Gasteiger partial charge >= 0.3 is 0 Å². The average molecular weight is 341 g/mol. The number of carbonyl (C=O) groups excluding carboxylic acids is 1. The minimum atomic E-state index is -3.43. The fourth-order valence-electron chi connectivity index (χ4n) is 2.25. The summed E-state index contributed by atoms with van der Waals surface area (Å²) in [7, 11) is -1.63. The molecule has 0 aliphatic rings. The fourth-order valence-corrected chi connectivity index (χ4v) is 3.71. The Morgan fingerprint density at radius 1 is 1.17 bits per heavy atom. The van der Waals surface area contributed by atoms with Gasteiger partial charge in [-0.3, -0.25) is 4.79 Å². The van der Waals surface area contributed by atoms with Crippen molar-refractivity contribution >= 4 is 15.9 Å². The molecule has 0 saturated carbocycles. The van der Waals surface area contributed by atoms with Gasteiger partial charge in [-0.05, 0) is 24.7 Å². The van der Waals surface area contributed by atoms with Crippen LogP contribution in [-0.2, 0) is 21.4 Å². The van der Waals surface area contributed by atoms with Gasteiger partial charge in [0.1, 0.15) is 0 Å². The second kappa shape index (κ2) is 9.00. The minimum Gasteiger partial charge on any atom is -0.352 e. The van der Waals surface area contributed by atoms with Crippen molar-refractivity contribution in [3.8, 4) is 0 Å². The molecule has 0 radical (unpaired) electrons. The van der Waals surface area contributed by atoms with Crippen LogP contribution in [0.4, 0.5) is 0 Å². The highest BCUT2D eigenvalue weighted by Gasteiger charge is 2.21. The molecule has 1 amide bonds. The van der Waals surface area contributed by atoms with Crippen molar-refractivity contribution in [3.05, 3.63) is 29.8 Å². The first-order chi connectivity index (χ1) is 10.9. The highest BCUT2D eigenvalue weighted by Crippen LogP contribution is 2.16. The van der Waals surface area contributed by atoms with Crippen LogP contribution in [-0.4, -0.2) is 45.3 Å². The van der Waals surface area contributed by atoms with Crippen LogP contribution >= 0.6 is 0 Å². The second-order valence-corrected chi connectivity index (χ2v) is 7.35. The van der Waals surface area contributed by atoms with Gasteiger partial charge in [0.05, 0.1) is 4.90 Å². The van der Waals surface area contributed by atoms with E-state index >= 15 is 0 Å². The third-order valence-corrected chi connectivity index (χ3v) is 5.76. The number of amides is 1. The first kappa shape index (κ1) is 19.6. The number of hydrogen-bond donors (Lipinski definition) is 2. The van der Waals surface area contributed by atoms with Crippen LogP contribution in [0.15, 0.2) is 29.2 Å². The zero-order chi connectivity index (χ0) is 17.5. The third kappa shape index (κ3) is 5.30. The van der Waals surface area contributed by atoms with E-state index < -0.39 is 10.0 Å². The predicted octanol–water partition coefficient (Wildman–Crippen LogP) is 1.19. The maximum atomic E-state index is 12.4. The largest absolute Gasteiger partial charge is 0.352 e. The third-order valence-electron chi connectivity index (χ3n) is 3.69. The molecule has 6 nitrogen and oxygen atoms in total. The number of carbonyl (C=O) groups is 1. The lowest BCUT2D eigenvalue weighted by molar-refractivity contribution is -0.124. The van der Waals surface area contributed by atoms with Crippen LogP contribution < -0.4 is 10.6 Å². The van der Waals surface area contributed by atoms with E-state index in [9.17, 15) is 13.2 Å². The molecule has 130 valence electrons. The minimum absolute atomic E-state index is 0.0285. The van der Waals surface area contributed by atoms with Gasteiger partial charge in [0.15, 0.2) is 0 Å². The standard InChI is InChI=1S/C16H27N3O3S/c1-5-19(6-2)23(21,22)15-9-7-14(8-10-15)12-18-16(20)13(3)11-17-4/h7-10,13,17H,5-6,11-12H2,1-4H3,(H,18,20). The van der Waals surface area contributed by atoms with E-state index in [2.05, 4.69) is 10.6 Å². The second-order valence-electron chi connectivity index (χ2n) is 5.41. The zero-order valence-electron chi connectivity index (χ0n) is 14.3. The number of hydrogen-bond acceptors (Lipinski definition) is 4. The van der Waals surface area contributed by atoms with Gasteiger partial charge in [-0.25, -0.2) is 8.42 Å². The summed E-state index contributed by atoms with van der Waals surface area (Å²) in [6.07, 6.45) is 0. The SMILES string of the molecule is CCN(CC)S(=O)(=O)c1ccc(CNC(=O)C(C)CNC)cc1. The topological polar surface area (TPSA) is 78.5 Å². The summed E-state index contributed by atoms with van der Waals surface area (Å²) in [4.78, 5) is 12.1. The Balaban J connectivity index is 2.72. The molecule has 0 fully saturated rings. The number of sulfonamides is 1. The molecule has 1 aromatic rings. The lowest BCUT2D eigenvalue weighted by Gasteiger charge is -2.18. The van der Waals surface area contributed by atoms with Crippen LogP contribution in [0.3, 0.4) is 0 Å². The van der Waals surface area contributed by atoms with Crippen LogP contribution in [0.1, 0.15) is 26.3 Å². The molecule has 0 saturated heterocycles. The van der Waals surface area contributed by atoms with E-state index in [4.69, 9.17) is 0 Å². The Hall–Kier alpha value is -1.44. The van der Waals surface area contributed by atoms with Gasteiger partial charge < -0.3 is 10.6 Å². The molecule has 23 heavy (non-hydrogen) atoms. The molecule has 1 atom stereocenters. The molecule has 0 aliphatic carbocycles. The van der Waals surface area contributed by atoms with Gasteiger partial charge in [0.25, 0.3) is 0 Å². The van der Waals surface area contributed by atoms with E-state index in [0.29, 0.717) is 26.2 Å². The maximum absolute atomic E-state index is 12.4. The van der Waals surface area contributed by atoms with Crippen LogP contribution in [0.5, 0.6) is 0 Å². The molecule has 0 aromatic heterocycles. The molecule has 1 unspecified atom stereocenters. The van der Waals surface area contributed by atoms with E-state index in [1.807, 2.05) is 20.8 Å². The van der Waals surface area contributed by atoms with Gasteiger partial charge in [0.2, 0.25) is 15.9 Å². The van der Waals surface area contributed by atoms with E-state index in [0.717, 1.165) is 5.56 Å². The van der Waals surface area contributed by atoms with Crippen molar-refractivity contribution in [1.82, 2.24) is 14.9 Å². The number of rotatable bonds is 9. The summed E-state index contributed by atoms with van der Waals surface area (Å²) in [6.45, 7) is 7.38. The first-order valence-electron chi connectivity index (χ1n) is 7.88. The van der Waals surface area contributed by atoms with Crippen molar-refractivity contribution in [3.63, 3.8) is 0 Å². The Bertz CT molecular complexity index is 596. The summed E-state index contributed by atoms with van der Waals surface area (Å²) in [5.74, 6) is -0.137. The molecule has 1 aromatic carbocycles. The van der Waals surface area contributed by atoms with Crippen molar-refractivity contribution in [1.29, 1.82) is 0 Å². The normalized spacial score (nSPS) is 13.1. The lowest BCUT2D eigenvalue weighted by Crippen LogP contribution is -2.34. The zero-order valence-corrected chi connectivity index (χ0v) is 15.1. The van der Waals surface area contributed by atoms with Crippen LogP contribution in [0.25, 0.3) is 0 Å². The van der Waals surface area contributed by atoms with Gasteiger partial charge in [-0.2, -0.15) is 4.31 Å². The van der Waals surface area contributed by atoms with Gasteiger partial charge in [-0.15, -0.1) is 0 Å². The number of nitrogens with zero attached hydrogens (tertiary/aromatic N) is 1. The van der Waals surface area contributed by atoms with Crippen molar-refractivity contribution in [2.75, 3.05) is 26.7 Å². The predicted molar refractivity (Wildman–Crippen MR) is 91.5 cm³/mol. The highest BCUT2D eigenvalue weighted by atomic mass is 32.2. The summed E-state index contributed by atoms with van der Waals surface area (Å²) in [5, 5.41) is 5.81. The van der Waals surface area contributed by atoms with E-state index in [-0.39, 0.29) is 16.7 Å². The van der Waals surface area contributed by atoms with Crippen molar-refractivity contribution < 1.29 is 13.2 Å². The van der Waals surface area contributed by atoms with Crippen molar-refractivity contribution in [2.24, 2.45) is 5.92 Å². The molecule has 1 rings (SSSR count). The Labute approximate surface area is 139 Å². The highest BCUT2D eigenvalue weighted by molar-refractivity contribution is 7.89. The Morgan fingerprint density at radius 2 is 1.74 bits per heavy atom. The molecule has 0 bridgehead atoms. The summed E-state index contributed by atoms with van der Waals surface area (Å²) in [5.41, 5.74) is 0.869. The molecule has 7 heteroatoms. The monoisotopic (exact) mass is 341 g/mol. The Morgan fingerprint density at radius 3 is 2.22 bits per heavy atom. The summed E-state index contributed by atoms with van der Waals surface area (Å²) >= 11 is 0. The Kier molecular flexibility index (Phi) is 7.67. The van der Waals surface area contributed by atoms with E-state index in [1.54, 1.807) is 31.3 Å². The summed E-state index contributed by atoms with van der Waals surface area (Å²) in [6, 6.07) is 6.65. The quantitative estimate of drug-likeness (QED) is 0.707. The van der Waals surface area contributed by atoms with Crippen molar-refractivity contribution in [2.45, 2.75) is 32.2 Å². The molecule has 2 N–H and O–H groups in total. The summed E-state index contributed by atoms with van der Waals surface area (Å²) < 4.78 is 26.2. The first-order valence-corrected chi connectivity index (χ1v) is 9.32. The number of benzene rings is 1. The van der Waals surface area contributed by atoms with Gasteiger partial charge in [0, 0.05) is 32.1 Å². The molecular weight excluding hydrogens is 314 g/mol. The lowest BCUT2D eigenvalue weighted by atomic mass is 10.1. The molecule has 0 heterocycles. The van der Waals surface area contributed by atoms with Crippen LogP contribution in [0, 0.1) is 5.92 Å². The van der Waals surface area contributed by atoms with Gasteiger partial charge in [-0.1, -0.05) is 32.9 Å². The molecular formula is C16H27N3O3S. The van der Waals surface area contributed by atoms with Crippen LogP contribution in [0.2, 0.25) is 0 Å². The van der Waals surface area contributed by atoms with E-state index in [1.165, 1.54) is 4.31 Å². The molecule has 0 aliphatic heterocycles. The fraction of sp³-hybridized carbons (Fsp3) is 0.562. The smallest absolute Gasteiger partial charge is 0.243 e. The number of nitrogens with one attached hydrogen (secondary N) is 2. The molecule has 0 spiro atoms.